The fraction of sp³-hybridized carbons (Fsp3) is 0.300. The Labute approximate surface area is 162 Å². The first-order valence-corrected chi connectivity index (χ1v) is 8.99. The van der Waals surface area contributed by atoms with Gasteiger partial charge in [0, 0.05) is 31.9 Å². The van der Waals surface area contributed by atoms with Crippen LogP contribution in [-0.4, -0.2) is 36.5 Å². The molecule has 3 aromatic rings. The molecular weight excluding hydrogens is 358 g/mol. The fourth-order valence-electron chi connectivity index (χ4n) is 3.10. The van der Waals surface area contributed by atoms with E-state index in [1.165, 1.54) is 10.7 Å². The highest BCUT2D eigenvalue weighted by Crippen LogP contribution is 2.14. The fourth-order valence-corrected chi connectivity index (χ4v) is 3.10. The molecule has 0 saturated carbocycles. The van der Waals surface area contributed by atoms with Crippen molar-refractivity contribution in [1.29, 1.82) is 0 Å². The number of hydrogen-bond donors (Lipinski definition) is 2. The molecule has 0 bridgehead atoms. The molecule has 0 aliphatic heterocycles. The first-order valence-electron chi connectivity index (χ1n) is 8.99. The Bertz CT molecular complexity index is 1020. The number of aromatic carboxylic acids is 1. The third-order valence-electron chi connectivity index (χ3n) is 4.73. The predicted molar refractivity (Wildman–Crippen MR) is 103 cm³/mol. The third kappa shape index (κ3) is 4.28. The number of rotatable bonds is 7. The van der Waals surface area contributed by atoms with Crippen molar-refractivity contribution in [3.63, 3.8) is 0 Å². The van der Waals surface area contributed by atoms with Gasteiger partial charge in [0.05, 0.1) is 11.4 Å². The van der Waals surface area contributed by atoms with Crippen LogP contribution in [-0.2, 0) is 24.8 Å². The van der Waals surface area contributed by atoms with E-state index in [9.17, 15) is 9.59 Å². The first kappa shape index (κ1) is 19.3. The molecule has 2 N–H and O–H groups in total. The normalized spacial score (nSPS) is 10.8. The van der Waals surface area contributed by atoms with E-state index in [2.05, 4.69) is 15.5 Å². The lowest BCUT2D eigenvalue weighted by molar-refractivity contribution is -0.121. The van der Waals surface area contributed by atoms with Crippen molar-refractivity contribution in [2.75, 3.05) is 0 Å². The summed E-state index contributed by atoms with van der Waals surface area (Å²) in [5.41, 5.74) is 4.79. The number of nitrogens with zero attached hydrogens (tertiary/aromatic N) is 4. The van der Waals surface area contributed by atoms with Crippen LogP contribution in [0, 0.1) is 13.8 Å². The lowest BCUT2D eigenvalue weighted by Crippen LogP contribution is -2.23. The molecule has 0 aliphatic carbocycles. The Balaban J connectivity index is 1.58. The van der Waals surface area contributed by atoms with Crippen molar-refractivity contribution < 1.29 is 14.7 Å². The van der Waals surface area contributed by atoms with Gasteiger partial charge in [-0.3, -0.25) is 9.48 Å². The van der Waals surface area contributed by atoms with E-state index in [1.807, 2.05) is 49.8 Å². The van der Waals surface area contributed by atoms with E-state index >= 15 is 0 Å². The van der Waals surface area contributed by atoms with Crippen LogP contribution in [0.15, 0.2) is 36.5 Å². The quantitative estimate of drug-likeness (QED) is 0.653. The molecule has 8 heteroatoms. The molecule has 28 heavy (non-hydrogen) atoms. The maximum atomic E-state index is 12.2. The molecule has 2 heterocycles. The van der Waals surface area contributed by atoms with Gasteiger partial charge in [-0.1, -0.05) is 12.1 Å². The second-order valence-corrected chi connectivity index (χ2v) is 6.67. The topological polar surface area (TPSA) is 102 Å². The standard InChI is InChI=1S/C20H23N5O3/c1-13-17(14(2)24(3)22-13)7-8-19(26)21-12-15-5-4-6-16(11-15)25-10-9-18(23-25)20(27)28/h4-6,9-11H,7-8,12H2,1-3H3,(H,21,26)(H,27,28). The Morgan fingerprint density at radius 3 is 2.61 bits per heavy atom. The van der Waals surface area contributed by atoms with Crippen molar-refractivity contribution in [2.24, 2.45) is 7.05 Å². The predicted octanol–water partition coefficient (Wildman–Crippen LogP) is 2.17. The molecule has 0 radical (unpaired) electrons. The van der Waals surface area contributed by atoms with Crippen LogP contribution in [0.25, 0.3) is 5.69 Å². The molecule has 0 aliphatic rings. The van der Waals surface area contributed by atoms with E-state index in [0.29, 0.717) is 19.4 Å². The summed E-state index contributed by atoms with van der Waals surface area (Å²) in [7, 11) is 1.90. The molecule has 146 valence electrons. The van der Waals surface area contributed by atoms with Crippen molar-refractivity contribution >= 4 is 11.9 Å². The highest BCUT2D eigenvalue weighted by molar-refractivity contribution is 5.85. The van der Waals surface area contributed by atoms with Gasteiger partial charge in [-0.05, 0) is 49.6 Å². The Morgan fingerprint density at radius 1 is 1.18 bits per heavy atom. The minimum atomic E-state index is -1.07. The molecule has 2 aromatic heterocycles. The van der Waals surface area contributed by atoms with Gasteiger partial charge >= 0.3 is 5.97 Å². The van der Waals surface area contributed by atoms with Crippen LogP contribution in [0.1, 0.15) is 39.4 Å². The average Bonchev–Trinajstić information content (AvgIpc) is 3.25. The molecule has 8 nitrogen and oxygen atoms in total. The van der Waals surface area contributed by atoms with Gasteiger partial charge in [0.15, 0.2) is 5.69 Å². The van der Waals surface area contributed by atoms with E-state index < -0.39 is 5.97 Å². The minimum Gasteiger partial charge on any atom is -0.476 e. The highest BCUT2D eigenvalue weighted by Gasteiger charge is 2.12. The number of aromatic nitrogens is 4. The average molecular weight is 381 g/mol. The number of carboxylic acids is 1. The summed E-state index contributed by atoms with van der Waals surface area (Å²) in [6.45, 7) is 4.35. The van der Waals surface area contributed by atoms with Gasteiger partial charge in [0.1, 0.15) is 0 Å². The SMILES string of the molecule is Cc1nn(C)c(C)c1CCC(=O)NCc1cccc(-n2ccc(C(=O)O)n2)c1. The zero-order chi connectivity index (χ0) is 20.3. The molecular formula is C20H23N5O3. The second kappa shape index (κ2) is 8.08. The number of nitrogens with one attached hydrogen (secondary N) is 1. The summed E-state index contributed by atoms with van der Waals surface area (Å²) in [5.74, 6) is -1.10. The monoisotopic (exact) mass is 381 g/mol. The summed E-state index contributed by atoms with van der Waals surface area (Å²) < 4.78 is 3.34. The first-order chi connectivity index (χ1) is 13.3. The number of hydrogen-bond acceptors (Lipinski definition) is 4. The van der Waals surface area contributed by atoms with Crippen molar-refractivity contribution in [2.45, 2.75) is 33.2 Å². The number of carbonyl (C=O) groups is 2. The molecule has 0 fully saturated rings. The maximum Gasteiger partial charge on any atom is 0.356 e. The van der Waals surface area contributed by atoms with E-state index in [4.69, 9.17) is 5.11 Å². The smallest absolute Gasteiger partial charge is 0.356 e. The van der Waals surface area contributed by atoms with Crippen LogP contribution in [0.3, 0.4) is 0 Å². The zero-order valence-electron chi connectivity index (χ0n) is 16.1. The Hall–Kier alpha value is -3.42. The van der Waals surface area contributed by atoms with Gasteiger partial charge in [-0.15, -0.1) is 0 Å². The maximum absolute atomic E-state index is 12.2. The van der Waals surface area contributed by atoms with Gasteiger partial charge in [0.2, 0.25) is 5.91 Å². The van der Waals surface area contributed by atoms with E-state index in [1.54, 1.807) is 6.20 Å². The molecule has 0 atom stereocenters. The summed E-state index contributed by atoms with van der Waals surface area (Å²) >= 11 is 0. The molecule has 1 aromatic carbocycles. The number of carbonyl (C=O) groups excluding carboxylic acids is 1. The molecule has 0 spiro atoms. The van der Waals surface area contributed by atoms with Gasteiger partial charge in [0.25, 0.3) is 0 Å². The van der Waals surface area contributed by atoms with E-state index in [0.717, 1.165) is 28.2 Å². The Kier molecular flexibility index (Phi) is 5.58. The summed E-state index contributed by atoms with van der Waals surface area (Å²) in [6, 6.07) is 8.90. The van der Waals surface area contributed by atoms with Gasteiger partial charge in [-0.2, -0.15) is 10.2 Å². The van der Waals surface area contributed by atoms with Crippen molar-refractivity contribution in [3.05, 3.63) is 64.7 Å². The lowest BCUT2D eigenvalue weighted by atomic mass is 10.1. The molecule has 0 unspecified atom stereocenters. The number of amides is 1. The van der Waals surface area contributed by atoms with Crippen LogP contribution >= 0.6 is 0 Å². The zero-order valence-corrected chi connectivity index (χ0v) is 16.1. The molecule has 1 amide bonds. The van der Waals surface area contributed by atoms with Crippen molar-refractivity contribution in [1.82, 2.24) is 24.9 Å². The summed E-state index contributed by atoms with van der Waals surface area (Å²) in [6.07, 6.45) is 2.65. The van der Waals surface area contributed by atoms with Gasteiger partial charge < -0.3 is 10.4 Å². The minimum absolute atomic E-state index is 0.0142. The third-order valence-corrected chi connectivity index (χ3v) is 4.73. The van der Waals surface area contributed by atoms with Crippen molar-refractivity contribution in [3.8, 4) is 5.69 Å². The second-order valence-electron chi connectivity index (χ2n) is 6.67. The summed E-state index contributed by atoms with van der Waals surface area (Å²) in [5, 5.41) is 20.3. The largest absolute Gasteiger partial charge is 0.476 e. The van der Waals surface area contributed by atoms with Crippen LogP contribution in [0.4, 0.5) is 0 Å². The lowest BCUT2D eigenvalue weighted by Gasteiger charge is -2.08. The number of carboxylic acid groups (broad SMARTS) is 1. The van der Waals surface area contributed by atoms with Crippen LogP contribution in [0.5, 0.6) is 0 Å². The van der Waals surface area contributed by atoms with E-state index in [-0.39, 0.29) is 11.6 Å². The van der Waals surface area contributed by atoms with Crippen LogP contribution < -0.4 is 5.32 Å². The Morgan fingerprint density at radius 2 is 1.96 bits per heavy atom. The highest BCUT2D eigenvalue weighted by atomic mass is 16.4. The number of aryl methyl sites for hydroxylation is 2. The van der Waals surface area contributed by atoms with Gasteiger partial charge in [-0.25, -0.2) is 9.48 Å². The molecule has 0 saturated heterocycles. The molecule has 3 rings (SSSR count). The van der Waals surface area contributed by atoms with Crippen LogP contribution in [0.2, 0.25) is 0 Å². The number of benzene rings is 1. The summed E-state index contributed by atoms with van der Waals surface area (Å²) in [4.78, 5) is 23.2.